The molecule has 5 rings (SSSR count). The third-order valence-corrected chi connectivity index (χ3v) is 9.50. The van der Waals surface area contributed by atoms with Gasteiger partial charge in [-0.1, -0.05) is 13.8 Å². The number of azo groups is 1. The highest BCUT2D eigenvalue weighted by molar-refractivity contribution is 7.89. The van der Waals surface area contributed by atoms with Crippen LogP contribution in [0.25, 0.3) is 0 Å². The molecule has 4 aliphatic rings. The summed E-state index contributed by atoms with van der Waals surface area (Å²) >= 11 is 0. The van der Waals surface area contributed by atoms with Crippen molar-refractivity contribution in [2.75, 3.05) is 19.6 Å². The van der Waals surface area contributed by atoms with Gasteiger partial charge in [-0.15, -0.1) is 5.11 Å². The molecule has 1 aliphatic carbocycles. The highest BCUT2D eigenvalue weighted by Crippen LogP contribution is 2.55. The van der Waals surface area contributed by atoms with Crippen LogP contribution in [0, 0.1) is 17.8 Å². The Morgan fingerprint density at radius 2 is 1.86 bits per heavy atom. The molecule has 188 valence electrons. The minimum absolute atomic E-state index is 0.0138. The fourth-order valence-corrected chi connectivity index (χ4v) is 7.57. The molecular formula is C26H34N4O4S. The standard InChI is InChI=1S/C26H34N4O4S/c1-16(2)34-22-7-6-18(12-17(22)3)35(32,33)30-10-8-26(9-11-30)19-15-27-29-24(19)28-20-13-25(4,5)14-21(31)23(20)26/h6-7,12,16,28H,8-11,13-15H2,1-5H3. The third-order valence-electron chi connectivity index (χ3n) is 7.61. The van der Waals surface area contributed by atoms with E-state index in [1.807, 2.05) is 20.8 Å². The molecule has 1 aromatic rings. The first kappa shape index (κ1) is 24.2. The van der Waals surface area contributed by atoms with Crippen LogP contribution in [-0.2, 0) is 14.8 Å². The second-order valence-electron chi connectivity index (χ2n) is 11.2. The Bertz CT molecular complexity index is 1280. The lowest BCUT2D eigenvalue weighted by molar-refractivity contribution is -0.119. The maximum atomic E-state index is 13.5. The van der Waals surface area contributed by atoms with E-state index in [1.54, 1.807) is 22.5 Å². The largest absolute Gasteiger partial charge is 0.491 e. The summed E-state index contributed by atoms with van der Waals surface area (Å²) in [6.07, 6.45) is 2.39. The van der Waals surface area contributed by atoms with Crippen LogP contribution in [0.3, 0.4) is 0 Å². The first-order valence-corrected chi connectivity index (χ1v) is 13.8. The maximum Gasteiger partial charge on any atom is 0.243 e. The molecule has 35 heavy (non-hydrogen) atoms. The molecule has 0 saturated carbocycles. The van der Waals surface area contributed by atoms with Crippen LogP contribution in [0.1, 0.15) is 58.9 Å². The van der Waals surface area contributed by atoms with Gasteiger partial charge in [0.25, 0.3) is 0 Å². The van der Waals surface area contributed by atoms with Gasteiger partial charge < -0.3 is 10.1 Å². The van der Waals surface area contributed by atoms with E-state index in [1.165, 1.54) is 0 Å². The summed E-state index contributed by atoms with van der Waals surface area (Å²) in [5.41, 5.74) is 2.99. The number of fused-ring (bicyclic) bond motifs is 2. The summed E-state index contributed by atoms with van der Waals surface area (Å²) in [6, 6.07) is 5.04. The van der Waals surface area contributed by atoms with E-state index in [2.05, 4.69) is 29.4 Å². The molecule has 0 amide bonds. The Balaban J connectivity index is 1.44. The number of rotatable bonds is 4. The zero-order chi connectivity index (χ0) is 25.2. The monoisotopic (exact) mass is 498 g/mol. The lowest BCUT2D eigenvalue weighted by Gasteiger charge is -2.48. The molecule has 1 N–H and O–H groups in total. The first-order chi connectivity index (χ1) is 16.4. The number of aryl methyl sites for hydroxylation is 1. The first-order valence-electron chi connectivity index (χ1n) is 12.4. The number of ketones is 1. The Kier molecular flexibility index (Phi) is 5.71. The van der Waals surface area contributed by atoms with Crippen LogP contribution < -0.4 is 10.1 Å². The average Bonchev–Trinajstić information content (AvgIpc) is 3.23. The quantitative estimate of drug-likeness (QED) is 0.660. The van der Waals surface area contributed by atoms with Gasteiger partial charge in [0.15, 0.2) is 11.6 Å². The van der Waals surface area contributed by atoms with Crippen molar-refractivity contribution in [3.05, 3.63) is 46.4 Å². The summed E-state index contributed by atoms with van der Waals surface area (Å²) in [7, 11) is -3.67. The molecule has 3 aliphatic heterocycles. The summed E-state index contributed by atoms with van der Waals surface area (Å²) in [4.78, 5) is 13.7. The van der Waals surface area contributed by atoms with Crippen molar-refractivity contribution in [3.8, 4) is 5.75 Å². The Hall–Kier alpha value is -2.52. The lowest BCUT2D eigenvalue weighted by Crippen LogP contribution is -2.50. The third kappa shape index (κ3) is 4.02. The number of carbonyl (C=O) groups is 1. The van der Waals surface area contributed by atoms with Gasteiger partial charge in [-0.05, 0) is 69.2 Å². The number of benzene rings is 1. The summed E-state index contributed by atoms with van der Waals surface area (Å²) in [5, 5.41) is 12.0. The molecule has 0 aromatic heterocycles. The highest BCUT2D eigenvalue weighted by atomic mass is 32.2. The lowest BCUT2D eigenvalue weighted by atomic mass is 9.60. The fourth-order valence-electron chi connectivity index (χ4n) is 6.05. The fraction of sp³-hybridized carbons (Fsp3) is 0.577. The zero-order valence-electron chi connectivity index (χ0n) is 21.1. The number of ether oxygens (including phenoxy) is 1. The zero-order valence-corrected chi connectivity index (χ0v) is 22.0. The molecule has 8 nitrogen and oxygen atoms in total. The number of piperidine rings is 1. The minimum Gasteiger partial charge on any atom is -0.491 e. The van der Waals surface area contributed by atoms with Crippen LogP contribution in [0.5, 0.6) is 5.75 Å². The SMILES string of the molecule is Cc1cc(S(=O)(=O)N2CCC3(CC2)C2=C(N=NC2)NC2=C3C(=O)CC(C)(C)C2)ccc1OC(C)C. The summed E-state index contributed by atoms with van der Waals surface area (Å²) in [6.45, 7) is 11.1. The second-order valence-corrected chi connectivity index (χ2v) is 13.2. The number of dihydropyridines is 1. The van der Waals surface area contributed by atoms with Gasteiger partial charge in [-0.2, -0.15) is 9.42 Å². The van der Waals surface area contributed by atoms with E-state index in [0.29, 0.717) is 44.6 Å². The van der Waals surface area contributed by atoms with Crippen molar-refractivity contribution in [2.45, 2.75) is 71.3 Å². The summed E-state index contributed by atoms with van der Waals surface area (Å²) in [5.74, 6) is 1.61. The number of allylic oxidation sites excluding steroid dienone is 2. The van der Waals surface area contributed by atoms with E-state index in [-0.39, 0.29) is 22.2 Å². The predicted octanol–water partition coefficient (Wildman–Crippen LogP) is 4.48. The van der Waals surface area contributed by atoms with E-state index in [9.17, 15) is 13.2 Å². The molecule has 1 spiro atoms. The number of hydrogen-bond acceptors (Lipinski definition) is 7. The van der Waals surface area contributed by atoms with E-state index >= 15 is 0 Å². The molecule has 9 heteroatoms. The average molecular weight is 499 g/mol. The molecule has 3 heterocycles. The van der Waals surface area contributed by atoms with Crippen molar-refractivity contribution in [2.24, 2.45) is 21.1 Å². The van der Waals surface area contributed by atoms with Crippen molar-refractivity contribution < 1.29 is 17.9 Å². The molecule has 0 radical (unpaired) electrons. The molecule has 0 atom stereocenters. The van der Waals surface area contributed by atoms with Gasteiger partial charge in [-0.25, -0.2) is 8.42 Å². The van der Waals surface area contributed by atoms with Gasteiger partial charge in [0.2, 0.25) is 10.0 Å². The van der Waals surface area contributed by atoms with Crippen LogP contribution >= 0.6 is 0 Å². The van der Waals surface area contributed by atoms with E-state index < -0.39 is 15.4 Å². The second kappa shape index (κ2) is 8.27. The molecule has 1 saturated heterocycles. The molecule has 0 unspecified atom stereocenters. The molecule has 0 bridgehead atoms. The van der Waals surface area contributed by atoms with Crippen molar-refractivity contribution in [3.63, 3.8) is 0 Å². The number of Topliss-reactive ketones (excluding diaryl/α,β-unsaturated/α-hetero) is 1. The Morgan fingerprint density at radius 3 is 2.51 bits per heavy atom. The van der Waals surface area contributed by atoms with Crippen LogP contribution in [0.15, 0.2) is 56.0 Å². The highest BCUT2D eigenvalue weighted by Gasteiger charge is 2.53. The van der Waals surface area contributed by atoms with Crippen LogP contribution in [0.4, 0.5) is 0 Å². The van der Waals surface area contributed by atoms with Gasteiger partial charge >= 0.3 is 0 Å². The van der Waals surface area contributed by atoms with Gasteiger partial charge in [0.05, 0.1) is 17.5 Å². The maximum absolute atomic E-state index is 13.5. The molecule has 1 aromatic carbocycles. The van der Waals surface area contributed by atoms with Crippen molar-refractivity contribution in [1.29, 1.82) is 0 Å². The van der Waals surface area contributed by atoms with Crippen molar-refractivity contribution in [1.82, 2.24) is 9.62 Å². The van der Waals surface area contributed by atoms with E-state index in [0.717, 1.165) is 34.6 Å². The number of nitrogens with one attached hydrogen (secondary N) is 1. The van der Waals surface area contributed by atoms with Crippen molar-refractivity contribution >= 4 is 15.8 Å². The van der Waals surface area contributed by atoms with Gasteiger partial charge in [0, 0.05) is 41.8 Å². The van der Waals surface area contributed by atoms with Crippen LogP contribution in [0.2, 0.25) is 0 Å². The number of nitrogens with zero attached hydrogens (tertiary/aromatic N) is 3. The van der Waals surface area contributed by atoms with Crippen LogP contribution in [-0.4, -0.2) is 44.2 Å². The van der Waals surface area contributed by atoms with Gasteiger partial charge in [0.1, 0.15) is 5.75 Å². The molecular weight excluding hydrogens is 464 g/mol. The number of sulfonamides is 1. The number of carbonyl (C=O) groups excluding carboxylic acids is 1. The van der Waals surface area contributed by atoms with E-state index in [4.69, 9.17) is 4.74 Å². The Labute approximate surface area is 207 Å². The minimum atomic E-state index is -3.67. The predicted molar refractivity (Wildman–Crippen MR) is 132 cm³/mol. The smallest absolute Gasteiger partial charge is 0.243 e. The molecule has 1 fully saturated rings. The normalized spacial score (nSPS) is 23.5. The number of hydrogen-bond donors (Lipinski definition) is 1. The Morgan fingerprint density at radius 1 is 1.14 bits per heavy atom. The summed E-state index contributed by atoms with van der Waals surface area (Å²) < 4.78 is 34.4. The topological polar surface area (TPSA) is 100 Å². The van der Waals surface area contributed by atoms with Gasteiger partial charge in [-0.3, -0.25) is 4.79 Å².